The number of hydrogen-bond acceptors (Lipinski definition) is 3. The normalized spacial score (nSPS) is 25.9. The molecule has 2 heterocycles. The number of amides is 1. The molecule has 0 spiro atoms. The predicted octanol–water partition coefficient (Wildman–Crippen LogP) is 2.18. The molecule has 0 saturated carbocycles. The minimum absolute atomic E-state index is 0.000720. The maximum absolute atomic E-state index is 12.8. The van der Waals surface area contributed by atoms with E-state index in [9.17, 15) is 9.18 Å². The molecule has 1 amide bonds. The lowest BCUT2D eigenvalue weighted by molar-refractivity contribution is -0.116. The molecule has 0 unspecified atom stereocenters. The van der Waals surface area contributed by atoms with Crippen LogP contribution in [0.5, 0.6) is 0 Å². The summed E-state index contributed by atoms with van der Waals surface area (Å²) < 4.78 is 12.8. The van der Waals surface area contributed by atoms with Crippen molar-refractivity contribution in [3.63, 3.8) is 0 Å². The number of halogens is 1. The van der Waals surface area contributed by atoms with Gasteiger partial charge in [0.15, 0.2) is 0 Å². The average Bonchev–Trinajstić information content (AvgIpc) is 2.90. The third-order valence-corrected chi connectivity index (χ3v) is 4.93. The molecule has 1 aromatic rings. The summed E-state index contributed by atoms with van der Waals surface area (Å²) in [5.74, 6) is 0.512. The molecular formula is C17H24FN3O. The molecule has 4 nitrogen and oxygen atoms in total. The number of likely N-dealkylation sites (N-methyl/N-ethyl adjacent to an activating group) is 1. The third kappa shape index (κ3) is 3.65. The van der Waals surface area contributed by atoms with Crippen LogP contribution in [0.4, 0.5) is 10.1 Å². The van der Waals surface area contributed by atoms with Crippen LogP contribution in [-0.4, -0.2) is 55.0 Å². The Hall–Kier alpha value is -1.46. The topological polar surface area (TPSA) is 35.6 Å². The van der Waals surface area contributed by atoms with E-state index < -0.39 is 0 Å². The van der Waals surface area contributed by atoms with E-state index in [2.05, 4.69) is 22.2 Å². The van der Waals surface area contributed by atoms with Gasteiger partial charge in [-0.15, -0.1) is 0 Å². The maximum Gasteiger partial charge on any atom is 0.225 e. The van der Waals surface area contributed by atoms with Crippen LogP contribution in [0.15, 0.2) is 24.3 Å². The summed E-state index contributed by atoms with van der Waals surface area (Å²) >= 11 is 0. The zero-order chi connectivity index (χ0) is 15.5. The molecule has 120 valence electrons. The Morgan fingerprint density at radius 2 is 2.00 bits per heavy atom. The first-order valence-electron chi connectivity index (χ1n) is 8.10. The van der Waals surface area contributed by atoms with E-state index in [0.29, 0.717) is 18.2 Å². The maximum atomic E-state index is 12.8. The Morgan fingerprint density at radius 1 is 1.27 bits per heavy atom. The second-order valence-corrected chi connectivity index (χ2v) is 6.51. The van der Waals surface area contributed by atoms with Crippen LogP contribution in [-0.2, 0) is 4.79 Å². The molecule has 2 aliphatic rings. The summed E-state index contributed by atoms with van der Waals surface area (Å²) in [6.45, 7) is 4.22. The SMILES string of the molecule is CN1CC[C@H]2CCN(CCC(=O)Nc3ccc(F)cc3)[C@@H]2C1. The first-order chi connectivity index (χ1) is 10.6. The quantitative estimate of drug-likeness (QED) is 0.926. The highest BCUT2D eigenvalue weighted by Crippen LogP contribution is 2.31. The molecule has 2 aliphatic heterocycles. The first kappa shape index (κ1) is 15.4. The average molecular weight is 305 g/mol. The number of piperidine rings is 1. The van der Waals surface area contributed by atoms with Gasteiger partial charge in [0.1, 0.15) is 5.82 Å². The van der Waals surface area contributed by atoms with Crippen LogP contribution in [0.3, 0.4) is 0 Å². The summed E-state index contributed by atoms with van der Waals surface area (Å²) in [7, 11) is 2.17. The van der Waals surface area contributed by atoms with E-state index in [1.165, 1.54) is 31.5 Å². The van der Waals surface area contributed by atoms with Crippen molar-refractivity contribution in [2.24, 2.45) is 5.92 Å². The number of likely N-dealkylation sites (tertiary alicyclic amines) is 2. The van der Waals surface area contributed by atoms with E-state index >= 15 is 0 Å². The highest BCUT2D eigenvalue weighted by Gasteiger charge is 2.37. The van der Waals surface area contributed by atoms with Crippen molar-refractivity contribution in [2.45, 2.75) is 25.3 Å². The number of fused-ring (bicyclic) bond motifs is 1. The number of carbonyl (C=O) groups is 1. The Morgan fingerprint density at radius 3 is 2.77 bits per heavy atom. The lowest BCUT2D eigenvalue weighted by Crippen LogP contribution is -2.47. The zero-order valence-electron chi connectivity index (χ0n) is 13.1. The summed E-state index contributed by atoms with van der Waals surface area (Å²) in [6.07, 6.45) is 3.03. The zero-order valence-corrected chi connectivity index (χ0v) is 13.1. The number of anilines is 1. The van der Waals surface area contributed by atoms with Gasteiger partial charge in [-0.1, -0.05) is 0 Å². The largest absolute Gasteiger partial charge is 0.326 e. The van der Waals surface area contributed by atoms with E-state index in [4.69, 9.17) is 0 Å². The highest BCUT2D eigenvalue weighted by atomic mass is 19.1. The van der Waals surface area contributed by atoms with Crippen molar-refractivity contribution in [3.05, 3.63) is 30.1 Å². The van der Waals surface area contributed by atoms with Gasteiger partial charge in [0.2, 0.25) is 5.91 Å². The van der Waals surface area contributed by atoms with E-state index in [0.717, 1.165) is 25.6 Å². The summed E-state index contributed by atoms with van der Waals surface area (Å²) in [4.78, 5) is 16.9. The monoisotopic (exact) mass is 305 g/mol. The van der Waals surface area contributed by atoms with Gasteiger partial charge in [-0.25, -0.2) is 4.39 Å². The van der Waals surface area contributed by atoms with Crippen molar-refractivity contribution in [1.29, 1.82) is 0 Å². The van der Waals surface area contributed by atoms with E-state index in [-0.39, 0.29) is 11.7 Å². The summed E-state index contributed by atoms with van der Waals surface area (Å²) in [5, 5.41) is 2.83. The van der Waals surface area contributed by atoms with Gasteiger partial charge in [-0.05, 0) is 63.2 Å². The van der Waals surface area contributed by atoms with Crippen molar-refractivity contribution in [3.8, 4) is 0 Å². The lowest BCUT2D eigenvalue weighted by atomic mass is 9.92. The van der Waals surface area contributed by atoms with E-state index in [1.807, 2.05) is 0 Å². The molecule has 0 aromatic heterocycles. The minimum atomic E-state index is -0.289. The lowest BCUT2D eigenvalue weighted by Gasteiger charge is -2.36. The van der Waals surface area contributed by atoms with Crippen LogP contribution in [0.2, 0.25) is 0 Å². The molecule has 0 bridgehead atoms. The molecule has 0 radical (unpaired) electrons. The predicted molar refractivity (Wildman–Crippen MR) is 85.2 cm³/mol. The van der Waals surface area contributed by atoms with Gasteiger partial charge in [0.25, 0.3) is 0 Å². The number of nitrogens with zero attached hydrogens (tertiary/aromatic N) is 2. The van der Waals surface area contributed by atoms with Crippen LogP contribution in [0.1, 0.15) is 19.3 Å². The molecule has 3 rings (SSSR count). The van der Waals surface area contributed by atoms with Crippen molar-refractivity contribution in [2.75, 3.05) is 38.5 Å². The highest BCUT2D eigenvalue weighted by molar-refractivity contribution is 5.90. The number of nitrogens with one attached hydrogen (secondary N) is 1. The molecule has 1 N–H and O–H groups in total. The van der Waals surface area contributed by atoms with E-state index in [1.54, 1.807) is 12.1 Å². The van der Waals surface area contributed by atoms with Crippen molar-refractivity contribution >= 4 is 11.6 Å². The Labute approximate surface area is 131 Å². The fraction of sp³-hybridized carbons (Fsp3) is 0.588. The standard InChI is InChI=1S/C17H24FN3O/c1-20-9-6-13-7-10-21(16(13)12-20)11-8-17(22)19-15-4-2-14(18)3-5-15/h2-5,13,16H,6-12H2,1H3,(H,19,22)/t13-,16+/m0/s1. The number of hydrogen-bond donors (Lipinski definition) is 1. The minimum Gasteiger partial charge on any atom is -0.326 e. The first-order valence-corrected chi connectivity index (χ1v) is 8.10. The van der Waals surface area contributed by atoms with Crippen molar-refractivity contribution in [1.82, 2.24) is 9.80 Å². The fourth-order valence-corrected chi connectivity index (χ4v) is 3.67. The molecule has 22 heavy (non-hydrogen) atoms. The Balaban J connectivity index is 1.47. The third-order valence-electron chi connectivity index (χ3n) is 4.93. The Kier molecular flexibility index (Phi) is 4.74. The van der Waals surface area contributed by atoms with Crippen LogP contribution in [0, 0.1) is 11.7 Å². The van der Waals surface area contributed by atoms with Crippen molar-refractivity contribution < 1.29 is 9.18 Å². The van der Waals surface area contributed by atoms with Crippen LogP contribution in [0.25, 0.3) is 0 Å². The number of benzene rings is 1. The molecule has 0 aliphatic carbocycles. The molecule has 2 fully saturated rings. The smallest absolute Gasteiger partial charge is 0.225 e. The Bertz CT molecular complexity index is 519. The summed E-state index contributed by atoms with van der Waals surface area (Å²) in [5.41, 5.74) is 0.656. The summed E-state index contributed by atoms with van der Waals surface area (Å²) in [6, 6.07) is 6.51. The van der Waals surface area contributed by atoms with Crippen LogP contribution >= 0.6 is 0 Å². The van der Waals surface area contributed by atoms with Gasteiger partial charge in [-0.2, -0.15) is 0 Å². The molecular weight excluding hydrogens is 281 g/mol. The number of rotatable bonds is 4. The van der Waals surface area contributed by atoms with Gasteiger partial charge in [-0.3, -0.25) is 9.69 Å². The van der Waals surface area contributed by atoms with Gasteiger partial charge in [0, 0.05) is 31.2 Å². The fourth-order valence-electron chi connectivity index (χ4n) is 3.67. The molecule has 1 aromatic carbocycles. The second kappa shape index (κ2) is 6.75. The van der Waals surface area contributed by atoms with Gasteiger partial charge < -0.3 is 10.2 Å². The van der Waals surface area contributed by atoms with Gasteiger partial charge >= 0.3 is 0 Å². The molecule has 2 saturated heterocycles. The molecule has 2 atom stereocenters. The molecule has 5 heteroatoms. The van der Waals surface area contributed by atoms with Crippen LogP contribution < -0.4 is 5.32 Å². The second-order valence-electron chi connectivity index (χ2n) is 6.51. The van der Waals surface area contributed by atoms with Gasteiger partial charge in [0.05, 0.1) is 0 Å². The number of carbonyl (C=O) groups excluding carboxylic acids is 1.